The van der Waals surface area contributed by atoms with E-state index in [1.165, 1.54) is 7.11 Å². The van der Waals surface area contributed by atoms with E-state index < -0.39 is 0 Å². The molecule has 0 radical (unpaired) electrons. The van der Waals surface area contributed by atoms with E-state index in [0.717, 1.165) is 18.8 Å². The molecule has 0 saturated carbocycles. The van der Waals surface area contributed by atoms with Gasteiger partial charge in [-0.3, -0.25) is 0 Å². The summed E-state index contributed by atoms with van der Waals surface area (Å²) in [4.78, 5) is 11.3. The molecule has 0 saturated heterocycles. The van der Waals surface area contributed by atoms with Crippen molar-refractivity contribution in [2.24, 2.45) is 0 Å². The number of methoxy groups -OCH3 is 1. The van der Waals surface area contributed by atoms with E-state index >= 15 is 0 Å². The minimum atomic E-state index is -0.367. The van der Waals surface area contributed by atoms with Crippen LogP contribution in [0, 0.1) is 0 Å². The number of ether oxygens (including phenoxy) is 1. The Morgan fingerprint density at radius 2 is 2.19 bits per heavy atom. The summed E-state index contributed by atoms with van der Waals surface area (Å²) in [5, 5.41) is 6.73. The first-order valence-electron chi connectivity index (χ1n) is 4.95. The summed E-state index contributed by atoms with van der Waals surface area (Å²) >= 11 is 5.99. The Bertz CT molecular complexity index is 369. The number of hydrogen-bond donors (Lipinski definition) is 2. The van der Waals surface area contributed by atoms with Crippen molar-refractivity contribution in [1.82, 2.24) is 5.32 Å². The van der Waals surface area contributed by atoms with Crippen LogP contribution in [0.2, 0.25) is 5.02 Å². The lowest BCUT2D eigenvalue weighted by Crippen LogP contribution is -2.18. The molecular formula is C11H15ClN2O2. The van der Waals surface area contributed by atoms with Crippen molar-refractivity contribution in [1.29, 1.82) is 0 Å². The number of rotatable bonds is 5. The summed E-state index contributed by atoms with van der Waals surface area (Å²) in [6, 6.07) is 5.00. The molecule has 0 unspecified atom stereocenters. The average molecular weight is 243 g/mol. The molecule has 1 aromatic carbocycles. The first-order chi connectivity index (χ1) is 7.69. The number of carbonyl (C=O) groups is 1. The Morgan fingerprint density at radius 3 is 2.81 bits per heavy atom. The van der Waals surface area contributed by atoms with Gasteiger partial charge in [0.15, 0.2) is 0 Å². The number of likely N-dealkylation sites (N-methyl/N-ethyl adjacent to an activating group) is 1. The Balaban J connectivity index is 2.78. The lowest BCUT2D eigenvalue weighted by molar-refractivity contribution is 0.0601. The van der Waals surface area contributed by atoms with Crippen molar-refractivity contribution in [2.45, 2.75) is 0 Å². The highest BCUT2D eigenvalue weighted by molar-refractivity contribution is 6.33. The highest BCUT2D eigenvalue weighted by atomic mass is 35.5. The van der Waals surface area contributed by atoms with E-state index in [4.69, 9.17) is 11.6 Å². The molecule has 5 heteroatoms. The van der Waals surface area contributed by atoms with E-state index in [1.807, 2.05) is 7.05 Å². The van der Waals surface area contributed by atoms with E-state index in [0.29, 0.717) is 10.6 Å². The number of anilines is 1. The molecule has 0 bridgehead atoms. The molecule has 0 heterocycles. The van der Waals surface area contributed by atoms with Crippen LogP contribution in [0.1, 0.15) is 10.4 Å². The molecular weight excluding hydrogens is 228 g/mol. The van der Waals surface area contributed by atoms with Gasteiger partial charge in [0.2, 0.25) is 0 Å². The maximum absolute atomic E-state index is 11.3. The van der Waals surface area contributed by atoms with Crippen LogP contribution in [0.25, 0.3) is 0 Å². The zero-order valence-corrected chi connectivity index (χ0v) is 10.1. The molecule has 0 aliphatic rings. The molecule has 0 aromatic heterocycles. The molecule has 1 aromatic rings. The molecule has 1 rings (SSSR count). The molecule has 0 fully saturated rings. The molecule has 0 aliphatic carbocycles. The summed E-state index contributed by atoms with van der Waals surface area (Å²) < 4.78 is 4.63. The number of nitrogens with one attached hydrogen (secondary N) is 2. The Morgan fingerprint density at radius 1 is 1.44 bits per heavy atom. The fourth-order valence-electron chi connectivity index (χ4n) is 1.23. The van der Waals surface area contributed by atoms with Gasteiger partial charge in [-0.05, 0) is 25.2 Å². The summed E-state index contributed by atoms with van der Waals surface area (Å²) in [5.74, 6) is -0.367. The topological polar surface area (TPSA) is 50.4 Å². The van der Waals surface area contributed by atoms with Crippen LogP contribution in [0.4, 0.5) is 5.69 Å². The third-order valence-electron chi connectivity index (χ3n) is 2.08. The zero-order chi connectivity index (χ0) is 12.0. The molecule has 2 N–H and O–H groups in total. The second-order valence-electron chi connectivity index (χ2n) is 3.22. The van der Waals surface area contributed by atoms with Gasteiger partial charge in [-0.15, -0.1) is 0 Å². The second-order valence-corrected chi connectivity index (χ2v) is 3.62. The van der Waals surface area contributed by atoms with E-state index in [2.05, 4.69) is 15.4 Å². The van der Waals surface area contributed by atoms with Crippen LogP contribution in [-0.2, 0) is 4.74 Å². The van der Waals surface area contributed by atoms with Gasteiger partial charge in [-0.25, -0.2) is 4.79 Å². The monoisotopic (exact) mass is 242 g/mol. The summed E-state index contributed by atoms with van der Waals surface area (Å²) in [6.07, 6.45) is 0. The van der Waals surface area contributed by atoms with Crippen molar-refractivity contribution in [3.05, 3.63) is 28.8 Å². The van der Waals surface area contributed by atoms with Gasteiger partial charge in [0, 0.05) is 13.1 Å². The highest BCUT2D eigenvalue weighted by Gasteiger charge is 2.08. The minimum absolute atomic E-state index is 0.367. The van der Waals surface area contributed by atoms with E-state index in [9.17, 15) is 4.79 Å². The van der Waals surface area contributed by atoms with Gasteiger partial charge in [-0.2, -0.15) is 0 Å². The highest BCUT2D eigenvalue weighted by Crippen LogP contribution is 2.23. The summed E-state index contributed by atoms with van der Waals surface area (Å²) in [6.45, 7) is 1.56. The van der Waals surface area contributed by atoms with Gasteiger partial charge in [0.05, 0.1) is 23.4 Å². The number of carbonyl (C=O) groups excluding carboxylic acids is 1. The van der Waals surface area contributed by atoms with Crippen LogP contribution < -0.4 is 10.6 Å². The van der Waals surface area contributed by atoms with Gasteiger partial charge in [0.1, 0.15) is 0 Å². The standard InChI is InChI=1S/C11H15ClN2O2/c1-13-5-6-14-10-7-8(11(15)16-2)3-4-9(10)12/h3-4,7,13-14H,5-6H2,1-2H3. The quantitative estimate of drug-likeness (QED) is 0.610. The van der Waals surface area contributed by atoms with Crippen LogP contribution >= 0.6 is 11.6 Å². The van der Waals surface area contributed by atoms with Crippen LogP contribution in [0.15, 0.2) is 18.2 Å². The largest absolute Gasteiger partial charge is 0.465 e. The maximum atomic E-state index is 11.3. The molecule has 0 aliphatic heterocycles. The van der Waals surface area contributed by atoms with Crippen molar-refractivity contribution >= 4 is 23.3 Å². The smallest absolute Gasteiger partial charge is 0.337 e. The van der Waals surface area contributed by atoms with Gasteiger partial charge in [-0.1, -0.05) is 11.6 Å². The van der Waals surface area contributed by atoms with E-state index in [-0.39, 0.29) is 5.97 Å². The number of esters is 1. The number of hydrogen-bond acceptors (Lipinski definition) is 4. The molecule has 88 valence electrons. The van der Waals surface area contributed by atoms with Crippen molar-refractivity contribution in [2.75, 3.05) is 32.6 Å². The number of halogens is 1. The minimum Gasteiger partial charge on any atom is -0.465 e. The molecule has 0 amide bonds. The third-order valence-corrected chi connectivity index (χ3v) is 2.41. The first kappa shape index (κ1) is 12.8. The average Bonchev–Trinajstić information content (AvgIpc) is 2.31. The molecule has 4 nitrogen and oxygen atoms in total. The summed E-state index contributed by atoms with van der Waals surface area (Å²) in [5.41, 5.74) is 1.22. The zero-order valence-electron chi connectivity index (χ0n) is 9.34. The lowest BCUT2D eigenvalue weighted by Gasteiger charge is -2.09. The lowest BCUT2D eigenvalue weighted by atomic mass is 10.2. The normalized spacial score (nSPS) is 9.94. The van der Waals surface area contributed by atoms with Crippen molar-refractivity contribution in [3.8, 4) is 0 Å². The predicted molar refractivity (Wildman–Crippen MR) is 65.2 cm³/mol. The van der Waals surface area contributed by atoms with Gasteiger partial charge >= 0.3 is 5.97 Å². The Kier molecular flexibility index (Phi) is 5.08. The Hall–Kier alpha value is -1.26. The van der Waals surface area contributed by atoms with Crippen LogP contribution in [0.3, 0.4) is 0 Å². The van der Waals surface area contributed by atoms with E-state index in [1.54, 1.807) is 18.2 Å². The van der Waals surface area contributed by atoms with Crippen molar-refractivity contribution in [3.63, 3.8) is 0 Å². The fourth-order valence-corrected chi connectivity index (χ4v) is 1.41. The first-order valence-corrected chi connectivity index (χ1v) is 5.33. The Labute approximate surface area is 99.9 Å². The molecule has 0 spiro atoms. The van der Waals surface area contributed by atoms with Crippen molar-refractivity contribution < 1.29 is 9.53 Å². The summed E-state index contributed by atoms with van der Waals surface area (Å²) in [7, 11) is 3.22. The predicted octanol–water partition coefficient (Wildman–Crippen LogP) is 1.76. The van der Waals surface area contributed by atoms with Crippen LogP contribution in [-0.4, -0.2) is 33.2 Å². The SMILES string of the molecule is CNCCNc1cc(C(=O)OC)ccc1Cl. The fraction of sp³-hybridized carbons (Fsp3) is 0.364. The molecule has 0 atom stereocenters. The second kappa shape index (κ2) is 6.35. The third kappa shape index (κ3) is 3.40. The van der Waals surface area contributed by atoms with Gasteiger partial charge < -0.3 is 15.4 Å². The molecule has 16 heavy (non-hydrogen) atoms. The maximum Gasteiger partial charge on any atom is 0.337 e. The number of benzene rings is 1. The van der Waals surface area contributed by atoms with Gasteiger partial charge in [0.25, 0.3) is 0 Å². The van der Waals surface area contributed by atoms with Crippen LogP contribution in [0.5, 0.6) is 0 Å².